The molecule has 0 aromatic heterocycles. The number of para-hydroxylation sites is 1. The van der Waals surface area contributed by atoms with Gasteiger partial charge >= 0.3 is 0 Å². The molecule has 3 N–H and O–H groups in total. The van der Waals surface area contributed by atoms with Crippen LogP contribution in [0.4, 0.5) is 0 Å². The summed E-state index contributed by atoms with van der Waals surface area (Å²) in [4.78, 5) is 0. The zero-order valence-electron chi connectivity index (χ0n) is 8.92. The lowest BCUT2D eigenvalue weighted by molar-refractivity contribution is 0.0768. The zero-order valence-corrected chi connectivity index (χ0v) is 8.92. The van der Waals surface area contributed by atoms with Gasteiger partial charge in [-0.2, -0.15) is 10.4 Å². The van der Waals surface area contributed by atoms with E-state index in [9.17, 15) is 0 Å². The summed E-state index contributed by atoms with van der Waals surface area (Å²) < 4.78 is 5.84. The highest BCUT2D eigenvalue weighted by molar-refractivity contribution is 5.88. The molecule has 0 fully saturated rings. The first-order chi connectivity index (χ1) is 8.25. The Bertz CT molecular complexity index is 572. The van der Waals surface area contributed by atoms with E-state index in [1.165, 1.54) is 0 Å². The van der Waals surface area contributed by atoms with Crippen LogP contribution >= 0.6 is 0 Å². The van der Waals surface area contributed by atoms with Gasteiger partial charge in [0.25, 0.3) is 0 Å². The number of hydrogen-bond donors (Lipinski definition) is 2. The summed E-state index contributed by atoms with van der Waals surface area (Å²) in [6.45, 7) is 0. The molecule has 0 radical (unpaired) electrons. The molecule has 1 aromatic rings. The molecule has 0 saturated heterocycles. The van der Waals surface area contributed by atoms with Crippen molar-refractivity contribution in [3.8, 4) is 11.8 Å². The van der Waals surface area contributed by atoms with Crippen LogP contribution in [0.15, 0.2) is 35.4 Å². The molecule has 2 aliphatic rings. The lowest BCUT2D eigenvalue weighted by atomic mass is 9.94. The van der Waals surface area contributed by atoms with Crippen LogP contribution in [-0.4, -0.2) is 11.6 Å². The second-order valence-corrected chi connectivity index (χ2v) is 3.98. The number of fused-ring (bicyclic) bond motifs is 1. The van der Waals surface area contributed by atoms with Gasteiger partial charge in [-0.05, 0) is 18.2 Å². The number of ether oxygens (including phenoxy) is 1. The molecule has 0 saturated carbocycles. The van der Waals surface area contributed by atoms with E-state index >= 15 is 0 Å². The van der Waals surface area contributed by atoms with E-state index in [1.807, 2.05) is 30.3 Å². The Morgan fingerprint density at radius 2 is 2.29 bits per heavy atom. The van der Waals surface area contributed by atoms with Crippen LogP contribution in [0.3, 0.4) is 0 Å². The highest BCUT2D eigenvalue weighted by Gasteiger charge is 2.47. The number of hydrazone groups is 1. The van der Waals surface area contributed by atoms with Gasteiger partial charge in [0.15, 0.2) is 5.92 Å². The topological polar surface area (TPSA) is 83.4 Å². The van der Waals surface area contributed by atoms with Gasteiger partial charge in [0.2, 0.25) is 5.72 Å². The maximum atomic E-state index is 9.14. The SMILES string of the molecule is N#CC1C(N)=NNC12C=Cc1ccccc1O2. The van der Waals surface area contributed by atoms with Crippen molar-refractivity contribution in [2.24, 2.45) is 16.8 Å². The Hall–Kier alpha value is -2.48. The molecule has 0 bridgehead atoms. The number of nitrogens with zero attached hydrogens (tertiary/aromatic N) is 2. The average molecular weight is 226 g/mol. The summed E-state index contributed by atoms with van der Waals surface area (Å²) in [7, 11) is 0. The minimum atomic E-state index is -0.965. The maximum absolute atomic E-state index is 9.14. The fraction of sp³-hybridized carbons (Fsp3) is 0.167. The van der Waals surface area contributed by atoms with Crippen LogP contribution in [0.25, 0.3) is 6.08 Å². The number of nitrogens with two attached hydrogens (primary N) is 1. The van der Waals surface area contributed by atoms with E-state index in [0.29, 0.717) is 5.75 Å². The quantitative estimate of drug-likeness (QED) is 0.685. The highest BCUT2D eigenvalue weighted by Crippen LogP contribution is 2.35. The lowest BCUT2D eigenvalue weighted by Gasteiger charge is -2.32. The normalized spacial score (nSPS) is 28.9. The predicted octanol–water partition coefficient (Wildman–Crippen LogP) is 0.804. The van der Waals surface area contributed by atoms with E-state index in [2.05, 4.69) is 16.6 Å². The van der Waals surface area contributed by atoms with Gasteiger partial charge in [0.05, 0.1) is 6.07 Å². The number of benzene rings is 1. The van der Waals surface area contributed by atoms with Crippen molar-refractivity contribution in [3.63, 3.8) is 0 Å². The van der Waals surface area contributed by atoms with Crippen LogP contribution in [0.5, 0.6) is 5.75 Å². The molecule has 2 heterocycles. The van der Waals surface area contributed by atoms with Crippen molar-refractivity contribution in [2.75, 3.05) is 0 Å². The molecule has 2 atom stereocenters. The number of rotatable bonds is 0. The van der Waals surface area contributed by atoms with Gasteiger partial charge < -0.3 is 10.5 Å². The molecule has 2 aliphatic heterocycles. The third kappa shape index (κ3) is 1.27. The molecule has 1 spiro atoms. The van der Waals surface area contributed by atoms with E-state index in [0.717, 1.165) is 5.56 Å². The summed E-state index contributed by atoms with van der Waals surface area (Å²) in [6, 6.07) is 9.72. The summed E-state index contributed by atoms with van der Waals surface area (Å²) in [5.74, 6) is 0.344. The largest absolute Gasteiger partial charge is 0.461 e. The Balaban J connectivity index is 2.03. The van der Waals surface area contributed by atoms with Crippen LogP contribution in [0.1, 0.15) is 5.56 Å². The second kappa shape index (κ2) is 3.25. The first-order valence-corrected chi connectivity index (χ1v) is 5.22. The predicted molar refractivity (Wildman–Crippen MR) is 62.7 cm³/mol. The molecular formula is C12H10N4O. The van der Waals surface area contributed by atoms with Crippen molar-refractivity contribution in [1.82, 2.24) is 5.43 Å². The van der Waals surface area contributed by atoms with Gasteiger partial charge in [-0.3, -0.25) is 5.43 Å². The van der Waals surface area contributed by atoms with Gasteiger partial charge in [-0.1, -0.05) is 18.2 Å². The van der Waals surface area contributed by atoms with Crippen molar-refractivity contribution in [2.45, 2.75) is 5.72 Å². The molecule has 2 unspecified atom stereocenters. The number of nitrogens with one attached hydrogen (secondary N) is 1. The van der Waals surface area contributed by atoms with E-state index < -0.39 is 11.6 Å². The Labute approximate surface area is 98.2 Å². The molecule has 84 valence electrons. The summed E-state index contributed by atoms with van der Waals surface area (Å²) in [5, 5.41) is 13.0. The van der Waals surface area contributed by atoms with Gasteiger partial charge in [0.1, 0.15) is 11.6 Å². The van der Waals surface area contributed by atoms with E-state index in [1.54, 1.807) is 6.08 Å². The summed E-state index contributed by atoms with van der Waals surface area (Å²) in [6.07, 6.45) is 3.69. The van der Waals surface area contributed by atoms with E-state index in [-0.39, 0.29) is 5.84 Å². The van der Waals surface area contributed by atoms with Crippen LogP contribution < -0.4 is 15.9 Å². The smallest absolute Gasteiger partial charge is 0.237 e. The van der Waals surface area contributed by atoms with Gasteiger partial charge in [-0.15, -0.1) is 0 Å². The number of amidine groups is 1. The second-order valence-electron chi connectivity index (χ2n) is 3.98. The monoisotopic (exact) mass is 226 g/mol. The lowest BCUT2D eigenvalue weighted by Crippen LogP contribution is -2.51. The van der Waals surface area contributed by atoms with Gasteiger partial charge in [0, 0.05) is 5.56 Å². The summed E-state index contributed by atoms with van der Waals surface area (Å²) >= 11 is 0. The molecule has 1 aromatic carbocycles. The van der Waals surface area contributed by atoms with Crippen molar-refractivity contribution >= 4 is 11.9 Å². The third-order valence-electron chi connectivity index (χ3n) is 2.92. The Morgan fingerprint density at radius 1 is 1.47 bits per heavy atom. The molecule has 17 heavy (non-hydrogen) atoms. The number of nitriles is 1. The minimum Gasteiger partial charge on any atom is -0.461 e. The van der Waals surface area contributed by atoms with E-state index in [4.69, 9.17) is 15.7 Å². The van der Waals surface area contributed by atoms with Gasteiger partial charge in [-0.25, -0.2) is 0 Å². The average Bonchev–Trinajstić information content (AvgIpc) is 2.66. The Morgan fingerprint density at radius 3 is 3.12 bits per heavy atom. The van der Waals surface area contributed by atoms with Crippen LogP contribution in [-0.2, 0) is 0 Å². The molecule has 3 rings (SSSR count). The Kier molecular flexibility index (Phi) is 1.86. The first kappa shape index (κ1) is 9.73. The number of hydrogen-bond acceptors (Lipinski definition) is 5. The first-order valence-electron chi connectivity index (χ1n) is 5.22. The minimum absolute atomic E-state index is 0.247. The summed E-state index contributed by atoms with van der Waals surface area (Å²) in [5.41, 5.74) is 8.47. The zero-order chi connectivity index (χ0) is 11.9. The van der Waals surface area contributed by atoms with Crippen LogP contribution in [0.2, 0.25) is 0 Å². The fourth-order valence-corrected chi connectivity index (χ4v) is 2.02. The highest BCUT2D eigenvalue weighted by atomic mass is 16.5. The van der Waals surface area contributed by atoms with Crippen molar-refractivity contribution in [3.05, 3.63) is 35.9 Å². The fourth-order valence-electron chi connectivity index (χ4n) is 2.02. The molecular weight excluding hydrogens is 216 g/mol. The molecule has 5 nitrogen and oxygen atoms in total. The molecule has 0 amide bonds. The third-order valence-corrected chi connectivity index (χ3v) is 2.92. The van der Waals surface area contributed by atoms with Crippen LogP contribution in [0, 0.1) is 17.2 Å². The molecule has 5 heteroatoms. The maximum Gasteiger partial charge on any atom is 0.237 e. The standard InChI is InChI=1S/C12H10N4O/c13-7-9-11(14)15-16-12(9)6-5-8-3-1-2-4-10(8)17-12/h1-6,9,16H,(H2,14,15). The van der Waals surface area contributed by atoms with Crippen molar-refractivity contribution in [1.29, 1.82) is 5.26 Å². The van der Waals surface area contributed by atoms with Crippen molar-refractivity contribution < 1.29 is 4.74 Å². The molecule has 0 aliphatic carbocycles.